The largest absolute Gasteiger partial charge is 0.481 e. The van der Waals surface area contributed by atoms with Crippen molar-refractivity contribution in [3.8, 4) is 0 Å². The Morgan fingerprint density at radius 1 is 1.25 bits per heavy atom. The predicted molar refractivity (Wildman–Crippen MR) is 63.3 cm³/mol. The van der Waals surface area contributed by atoms with Gasteiger partial charge in [0, 0.05) is 0 Å². The molecule has 3 heteroatoms. The van der Waals surface area contributed by atoms with E-state index >= 15 is 0 Å². The van der Waals surface area contributed by atoms with E-state index in [1.165, 1.54) is 0 Å². The van der Waals surface area contributed by atoms with Crippen molar-refractivity contribution in [1.82, 2.24) is 0 Å². The molecule has 1 fully saturated rings. The summed E-state index contributed by atoms with van der Waals surface area (Å²) >= 11 is 0. The summed E-state index contributed by atoms with van der Waals surface area (Å²) in [4.78, 5) is 11.5. The number of aliphatic hydroxyl groups is 1. The zero-order chi connectivity index (χ0) is 12.2. The third-order valence-corrected chi connectivity index (χ3v) is 4.00. The topological polar surface area (TPSA) is 57.5 Å². The average Bonchev–Trinajstić information content (AvgIpc) is 2.44. The summed E-state index contributed by atoms with van der Waals surface area (Å²) in [5.41, 5.74) is -1.53. The smallest absolute Gasteiger partial charge is 0.309 e. The van der Waals surface area contributed by atoms with Gasteiger partial charge in [-0.2, -0.15) is 0 Å². The Morgan fingerprint density at radius 2 is 1.75 bits per heavy atom. The normalized spacial score (nSPS) is 24.4. The van der Waals surface area contributed by atoms with Gasteiger partial charge in [-0.1, -0.05) is 32.6 Å². The number of carboxylic acids is 1. The molecule has 0 aromatic carbocycles. The lowest BCUT2D eigenvalue weighted by Gasteiger charge is -2.35. The molecule has 0 heterocycles. The van der Waals surface area contributed by atoms with Gasteiger partial charge in [0.05, 0.1) is 11.0 Å². The maximum Gasteiger partial charge on any atom is 0.309 e. The minimum absolute atomic E-state index is 0.395. The summed E-state index contributed by atoms with van der Waals surface area (Å²) in [6.45, 7) is 3.66. The van der Waals surface area contributed by atoms with Crippen LogP contribution in [0.1, 0.15) is 65.2 Å². The molecule has 3 nitrogen and oxygen atoms in total. The molecule has 1 atom stereocenters. The molecule has 0 radical (unpaired) electrons. The lowest BCUT2D eigenvalue weighted by atomic mass is 9.72. The standard InChI is InChI=1S/C13H24O3/c1-3-12(2,16)10-13(11(14)15)8-6-4-5-7-9-13/h16H,3-10H2,1-2H3,(H,14,15). The zero-order valence-electron chi connectivity index (χ0n) is 10.5. The number of rotatable bonds is 4. The van der Waals surface area contributed by atoms with Crippen molar-refractivity contribution in [2.24, 2.45) is 5.41 Å². The van der Waals surface area contributed by atoms with Crippen LogP contribution < -0.4 is 0 Å². The van der Waals surface area contributed by atoms with Crippen LogP contribution >= 0.6 is 0 Å². The van der Waals surface area contributed by atoms with Crippen LogP contribution in [0.3, 0.4) is 0 Å². The fraction of sp³-hybridized carbons (Fsp3) is 0.923. The van der Waals surface area contributed by atoms with Crippen LogP contribution in [0.15, 0.2) is 0 Å². The molecule has 1 aliphatic rings. The maximum atomic E-state index is 11.5. The van der Waals surface area contributed by atoms with Crippen LogP contribution in [0.25, 0.3) is 0 Å². The van der Waals surface area contributed by atoms with Crippen LogP contribution in [-0.2, 0) is 4.79 Å². The second-order valence-corrected chi connectivity index (χ2v) is 5.53. The highest BCUT2D eigenvalue weighted by Gasteiger charge is 2.43. The number of carboxylic acid groups (broad SMARTS) is 1. The highest BCUT2D eigenvalue weighted by atomic mass is 16.4. The minimum atomic E-state index is -0.845. The van der Waals surface area contributed by atoms with Gasteiger partial charge in [0.2, 0.25) is 0 Å². The second-order valence-electron chi connectivity index (χ2n) is 5.53. The Labute approximate surface area is 97.9 Å². The monoisotopic (exact) mass is 228 g/mol. The molecule has 16 heavy (non-hydrogen) atoms. The Bertz CT molecular complexity index is 238. The SMILES string of the molecule is CCC(C)(O)CC1(C(=O)O)CCCCCC1. The Hall–Kier alpha value is -0.570. The quantitative estimate of drug-likeness (QED) is 0.727. The van der Waals surface area contributed by atoms with Crippen molar-refractivity contribution in [3.63, 3.8) is 0 Å². The molecule has 0 aromatic rings. The number of carbonyl (C=O) groups is 1. The maximum absolute atomic E-state index is 11.5. The van der Waals surface area contributed by atoms with Gasteiger partial charge in [0.1, 0.15) is 0 Å². The molecule has 1 unspecified atom stereocenters. The molecule has 0 saturated heterocycles. The van der Waals surface area contributed by atoms with Crippen molar-refractivity contribution in [3.05, 3.63) is 0 Å². The van der Waals surface area contributed by atoms with E-state index in [0.29, 0.717) is 12.8 Å². The summed E-state index contributed by atoms with van der Waals surface area (Å²) in [5.74, 6) is -0.719. The van der Waals surface area contributed by atoms with Crippen molar-refractivity contribution in [1.29, 1.82) is 0 Å². The van der Waals surface area contributed by atoms with Crippen LogP contribution in [0, 0.1) is 5.41 Å². The molecule has 0 aromatic heterocycles. The van der Waals surface area contributed by atoms with Crippen LogP contribution in [0.4, 0.5) is 0 Å². The lowest BCUT2D eigenvalue weighted by molar-refractivity contribution is -0.154. The van der Waals surface area contributed by atoms with Gasteiger partial charge in [-0.3, -0.25) is 4.79 Å². The van der Waals surface area contributed by atoms with Gasteiger partial charge in [-0.15, -0.1) is 0 Å². The number of aliphatic carboxylic acids is 1. The number of hydrogen-bond acceptors (Lipinski definition) is 2. The molecule has 1 rings (SSSR count). The first kappa shape index (κ1) is 13.5. The minimum Gasteiger partial charge on any atom is -0.481 e. The molecule has 0 spiro atoms. The molecular weight excluding hydrogens is 204 g/mol. The van der Waals surface area contributed by atoms with Crippen molar-refractivity contribution in [2.45, 2.75) is 70.8 Å². The molecule has 1 aliphatic carbocycles. The second kappa shape index (κ2) is 5.17. The van der Waals surface area contributed by atoms with E-state index in [-0.39, 0.29) is 0 Å². The van der Waals surface area contributed by atoms with Gasteiger partial charge in [-0.05, 0) is 32.6 Å². The van der Waals surface area contributed by atoms with Crippen LogP contribution in [0.2, 0.25) is 0 Å². The fourth-order valence-electron chi connectivity index (χ4n) is 2.73. The third kappa shape index (κ3) is 3.21. The molecule has 2 N–H and O–H groups in total. The van der Waals surface area contributed by atoms with E-state index < -0.39 is 17.0 Å². The average molecular weight is 228 g/mol. The summed E-state index contributed by atoms with van der Waals surface area (Å²) < 4.78 is 0. The zero-order valence-corrected chi connectivity index (χ0v) is 10.5. The van der Waals surface area contributed by atoms with E-state index in [1.54, 1.807) is 6.92 Å². The Balaban J connectivity index is 2.82. The molecule has 0 amide bonds. The molecule has 1 saturated carbocycles. The van der Waals surface area contributed by atoms with E-state index in [2.05, 4.69) is 0 Å². The van der Waals surface area contributed by atoms with Crippen molar-refractivity contribution < 1.29 is 15.0 Å². The van der Waals surface area contributed by atoms with Gasteiger partial charge in [0.15, 0.2) is 0 Å². The molecule has 0 aliphatic heterocycles. The lowest BCUT2D eigenvalue weighted by Crippen LogP contribution is -2.39. The third-order valence-electron chi connectivity index (χ3n) is 4.00. The van der Waals surface area contributed by atoms with Crippen LogP contribution in [0.5, 0.6) is 0 Å². The van der Waals surface area contributed by atoms with E-state index in [0.717, 1.165) is 38.5 Å². The Kier molecular flexibility index (Phi) is 4.36. The van der Waals surface area contributed by atoms with E-state index in [4.69, 9.17) is 0 Å². The van der Waals surface area contributed by atoms with Gasteiger partial charge >= 0.3 is 5.97 Å². The number of hydrogen-bond donors (Lipinski definition) is 2. The highest BCUT2D eigenvalue weighted by molar-refractivity contribution is 5.74. The summed E-state index contributed by atoms with van der Waals surface area (Å²) in [7, 11) is 0. The predicted octanol–water partition coefficient (Wildman–Crippen LogP) is 2.96. The highest BCUT2D eigenvalue weighted by Crippen LogP contribution is 2.42. The summed E-state index contributed by atoms with van der Waals surface area (Å²) in [5, 5.41) is 19.6. The van der Waals surface area contributed by atoms with Gasteiger partial charge < -0.3 is 10.2 Å². The first-order valence-corrected chi connectivity index (χ1v) is 6.38. The fourth-order valence-corrected chi connectivity index (χ4v) is 2.73. The van der Waals surface area contributed by atoms with Crippen LogP contribution in [-0.4, -0.2) is 21.8 Å². The molecular formula is C13H24O3. The Morgan fingerprint density at radius 3 is 2.12 bits per heavy atom. The van der Waals surface area contributed by atoms with E-state index in [1.807, 2.05) is 6.92 Å². The van der Waals surface area contributed by atoms with Gasteiger partial charge in [-0.25, -0.2) is 0 Å². The summed E-state index contributed by atoms with van der Waals surface area (Å²) in [6.07, 6.45) is 6.66. The van der Waals surface area contributed by atoms with Crippen molar-refractivity contribution >= 4 is 5.97 Å². The summed E-state index contributed by atoms with van der Waals surface area (Å²) in [6, 6.07) is 0. The first-order valence-electron chi connectivity index (χ1n) is 6.38. The van der Waals surface area contributed by atoms with E-state index in [9.17, 15) is 15.0 Å². The molecule has 0 bridgehead atoms. The van der Waals surface area contributed by atoms with Gasteiger partial charge in [0.25, 0.3) is 0 Å². The van der Waals surface area contributed by atoms with Crippen molar-refractivity contribution in [2.75, 3.05) is 0 Å². The first-order chi connectivity index (χ1) is 7.42. The molecule has 94 valence electrons.